The van der Waals surface area contributed by atoms with E-state index in [1.54, 1.807) is 7.11 Å². The van der Waals surface area contributed by atoms with Crippen LogP contribution >= 0.6 is 0 Å². The number of aromatic nitrogens is 1. The number of pyridine rings is 1. The number of nitrogens with one attached hydrogen (secondary N) is 1. The molecule has 0 bridgehead atoms. The topological polar surface area (TPSA) is 34.1 Å². The largest absolute Gasteiger partial charge is 0.496 e. The molecule has 0 radical (unpaired) electrons. The van der Waals surface area contributed by atoms with Gasteiger partial charge in [0.05, 0.1) is 7.11 Å². The third kappa shape index (κ3) is 3.36. The van der Waals surface area contributed by atoms with E-state index in [9.17, 15) is 0 Å². The predicted molar refractivity (Wildman–Crippen MR) is 81.9 cm³/mol. The van der Waals surface area contributed by atoms with Crippen LogP contribution in [0.4, 0.5) is 0 Å². The molecule has 3 heteroatoms. The number of ether oxygens (including phenoxy) is 1. The van der Waals surface area contributed by atoms with Crippen molar-refractivity contribution in [3.05, 3.63) is 59.4 Å². The Bertz CT molecular complexity index is 554. The van der Waals surface area contributed by atoms with E-state index in [0.717, 1.165) is 5.75 Å². The molecule has 0 aliphatic heterocycles. The van der Waals surface area contributed by atoms with E-state index in [-0.39, 0.29) is 12.1 Å². The van der Waals surface area contributed by atoms with Crippen molar-refractivity contribution in [2.24, 2.45) is 0 Å². The van der Waals surface area contributed by atoms with Crippen LogP contribution in [-0.4, -0.2) is 12.1 Å². The van der Waals surface area contributed by atoms with Crippen molar-refractivity contribution in [2.45, 2.75) is 32.9 Å². The molecule has 1 unspecified atom stereocenters. The molecule has 2 atom stereocenters. The summed E-state index contributed by atoms with van der Waals surface area (Å²) in [6.45, 7) is 6.42. The van der Waals surface area contributed by atoms with Crippen LogP contribution in [0.25, 0.3) is 0 Å². The number of methoxy groups -OCH3 is 1. The Kier molecular flexibility index (Phi) is 4.74. The van der Waals surface area contributed by atoms with Crippen LogP contribution in [0, 0.1) is 6.92 Å². The van der Waals surface area contributed by atoms with Gasteiger partial charge in [-0.3, -0.25) is 4.98 Å². The molecule has 20 heavy (non-hydrogen) atoms. The maximum atomic E-state index is 5.46. The Balaban J connectivity index is 2.16. The van der Waals surface area contributed by atoms with Crippen molar-refractivity contribution in [3.8, 4) is 5.75 Å². The van der Waals surface area contributed by atoms with Gasteiger partial charge in [0, 0.05) is 30.0 Å². The van der Waals surface area contributed by atoms with Gasteiger partial charge in [-0.1, -0.05) is 17.7 Å². The van der Waals surface area contributed by atoms with Gasteiger partial charge in [-0.2, -0.15) is 0 Å². The molecule has 0 spiro atoms. The molecular formula is C17H22N2O. The molecule has 1 N–H and O–H groups in total. The van der Waals surface area contributed by atoms with Crippen LogP contribution in [-0.2, 0) is 0 Å². The van der Waals surface area contributed by atoms with Crippen molar-refractivity contribution in [1.29, 1.82) is 0 Å². The number of rotatable bonds is 5. The number of hydrogen-bond donors (Lipinski definition) is 1. The van der Waals surface area contributed by atoms with Crippen molar-refractivity contribution < 1.29 is 4.74 Å². The smallest absolute Gasteiger partial charge is 0.123 e. The van der Waals surface area contributed by atoms with Crippen LogP contribution in [0.3, 0.4) is 0 Å². The number of nitrogens with zero attached hydrogens (tertiary/aromatic N) is 1. The van der Waals surface area contributed by atoms with Gasteiger partial charge in [-0.25, -0.2) is 0 Å². The van der Waals surface area contributed by atoms with E-state index in [0.29, 0.717) is 0 Å². The molecule has 0 aliphatic carbocycles. The van der Waals surface area contributed by atoms with Crippen LogP contribution in [0.1, 0.15) is 42.6 Å². The summed E-state index contributed by atoms with van der Waals surface area (Å²) in [6, 6.07) is 10.8. The average Bonchev–Trinajstić information content (AvgIpc) is 2.48. The summed E-state index contributed by atoms with van der Waals surface area (Å²) in [5, 5.41) is 3.61. The highest BCUT2D eigenvalue weighted by molar-refractivity contribution is 5.39. The highest BCUT2D eigenvalue weighted by Gasteiger charge is 2.14. The van der Waals surface area contributed by atoms with Crippen LogP contribution in [0.15, 0.2) is 42.7 Å². The molecule has 0 saturated carbocycles. The van der Waals surface area contributed by atoms with Gasteiger partial charge in [0.1, 0.15) is 5.75 Å². The van der Waals surface area contributed by atoms with Crippen molar-refractivity contribution in [1.82, 2.24) is 10.3 Å². The van der Waals surface area contributed by atoms with E-state index in [4.69, 9.17) is 4.74 Å². The lowest BCUT2D eigenvalue weighted by Gasteiger charge is -2.22. The molecule has 2 rings (SSSR count). The van der Waals surface area contributed by atoms with E-state index in [1.807, 2.05) is 30.6 Å². The summed E-state index contributed by atoms with van der Waals surface area (Å²) in [5.41, 5.74) is 3.66. The minimum absolute atomic E-state index is 0.216. The molecule has 1 aromatic heterocycles. The average molecular weight is 270 g/mol. The Labute approximate surface area is 121 Å². The van der Waals surface area contributed by atoms with E-state index in [1.165, 1.54) is 16.7 Å². The summed E-state index contributed by atoms with van der Waals surface area (Å²) >= 11 is 0. The monoisotopic (exact) mass is 270 g/mol. The first kappa shape index (κ1) is 14.5. The molecule has 0 saturated heterocycles. The molecule has 0 aliphatic rings. The molecule has 1 heterocycles. The first-order valence-corrected chi connectivity index (χ1v) is 6.92. The molecule has 2 aromatic rings. The summed E-state index contributed by atoms with van der Waals surface area (Å²) in [4.78, 5) is 4.06. The first-order valence-electron chi connectivity index (χ1n) is 6.92. The van der Waals surface area contributed by atoms with E-state index >= 15 is 0 Å². The lowest BCUT2D eigenvalue weighted by atomic mass is 10.0. The van der Waals surface area contributed by atoms with Crippen LogP contribution in [0.2, 0.25) is 0 Å². The van der Waals surface area contributed by atoms with Gasteiger partial charge in [0.15, 0.2) is 0 Å². The number of aryl methyl sites for hydroxylation is 1. The molecule has 1 aromatic carbocycles. The fraction of sp³-hybridized carbons (Fsp3) is 0.353. The fourth-order valence-corrected chi connectivity index (χ4v) is 2.41. The Morgan fingerprint density at radius 1 is 1.05 bits per heavy atom. The quantitative estimate of drug-likeness (QED) is 0.897. The van der Waals surface area contributed by atoms with Gasteiger partial charge in [0.2, 0.25) is 0 Å². The molecule has 0 fully saturated rings. The summed E-state index contributed by atoms with van der Waals surface area (Å²) in [6.07, 6.45) is 3.65. The Hall–Kier alpha value is -1.87. The second-order valence-corrected chi connectivity index (χ2v) is 5.14. The maximum Gasteiger partial charge on any atom is 0.123 e. The van der Waals surface area contributed by atoms with Gasteiger partial charge < -0.3 is 10.1 Å². The second-order valence-electron chi connectivity index (χ2n) is 5.14. The second kappa shape index (κ2) is 6.53. The SMILES string of the molecule is COc1ccc(C)cc1C(C)N[C@@H](C)c1ccncc1. The first-order chi connectivity index (χ1) is 9.61. The molecular weight excluding hydrogens is 248 g/mol. The number of hydrogen-bond acceptors (Lipinski definition) is 3. The predicted octanol–water partition coefficient (Wildman–Crippen LogP) is 3.81. The third-order valence-corrected chi connectivity index (χ3v) is 3.56. The lowest BCUT2D eigenvalue weighted by molar-refractivity contribution is 0.396. The molecule has 106 valence electrons. The van der Waals surface area contributed by atoms with Crippen LogP contribution in [0.5, 0.6) is 5.75 Å². The Morgan fingerprint density at radius 2 is 1.75 bits per heavy atom. The number of benzene rings is 1. The van der Waals surface area contributed by atoms with Crippen molar-refractivity contribution in [2.75, 3.05) is 7.11 Å². The minimum Gasteiger partial charge on any atom is -0.496 e. The molecule has 3 nitrogen and oxygen atoms in total. The van der Waals surface area contributed by atoms with Gasteiger partial charge in [0.25, 0.3) is 0 Å². The highest BCUT2D eigenvalue weighted by Crippen LogP contribution is 2.28. The lowest BCUT2D eigenvalue weighted by Crippen LogP contribution is -2.23. The summed E-state index contributed by atoms with van der Waals surface area (Å²) in [5.74, 6) is 0.928. The summed E-state index contributed by atoms with van der Waals surface area (Å²) in [7, 11) is 1.72. The van der Waals surface area contributed by atoms with E-state index < -0.39 is 0 Å². The summed E-state index contributed by atoms with van der Waals surface area (Å²) < 4.78 is 5.46. The van der Waals surface area contributed by atoms with E-state index in [2.05, 4.69) is 43.2 Å². The minimum atomic E-state index is 0.216. The van der Waals surface area contributed by atoms with Gasteiger partial charge in [-0.15, -0.1) is 0 Å². The third-order valence-electron chi connectivity index (χ3n) is 3.56. The zero-order valence-electron chi connectivity index (χ0n) is 12.6. The van der Waals surface area contributed by atoms with Gasteiger partial charge >= 0.3 is 0 Å². The standard InChI is InChI=1S/C17H22N2O/c1-12-5-6-17(20-4)16(11-12)14(3)19-13(2)15-7-9-18-10-8-15/h5-11,13-14,19H,1-4H3/t13-,14?/m0/s1. The Morgan fingerprint density at radius 3 is 2.40 bits per heavy atom. The normalized spacial score (nSPS) is 13.8. The maximum absolute atomic E-state index is 5.46. The molecule has 0 amide bonds. The highest BCUT2D eigenvalue weighted by atomic mass is 16.5. The zero-order valence-corrected chi connectivity index (χ0v) is 12.6. The zero-order chi connectivity index (χ0) is 14.5. The van der Waals surface area contributed by atoms with Crippen molar-refractivity contribution in [3.63, 3.8) is 0 Å². The fourth-order valence-electron chi connectivity index (χ4n) is 2.41. The van der Waals surface area contributed by atoms with Gasteiger partial charge in [-0.05, 0) is 44.5 Å². The van der Waals surface area contributed by atoms with Crippen LogP contribution < -0.4 is 10.1 Å². The van der Waals surface area contributed by atoms with Crippen molar-refractivity contribution >= 4 is 0 Å².